The Morgan fingerprint density at radius 3 is 2.44 bits per heavy atom. The fourth-order valence-electron chi connectivity index (χ4n) is 1.48. The van der Waals surface area contributed by atoms with E-state index in [4.69, 9.17) is 4.52 Å². The van der Waals surface area contributed by atoms with Gasteiger partial charge in [-0.15, -0.1) is 0 Å². The van der Waals surface area contributed by atoms with Gasteiger partial charge in [0.1, 0.15) is 0 Å². The molecule has 0 aliphatic carbocycles. The topological polar surface area (TPSA) is 76.3 Å². The van der Waals surface area contributed by atoms with E-state index >= 15 is 0 Å². The van der Waals surface area contributed by atoms with E-state index in [1.165, 1.54) is 20.2 Å². The molecule has 7 heteroatoms. The first-order valence-corrected chi connectivity index (χ1v) is 6.69. The molecule has 0 saturated carbocycles. The molecular weight excluding hydrogens is 254 g/mol. The van der Waals surface area contributed by atoms with Crippen LogP contribution in [0.5, 0.6) is 0 Å². The van der Waals surface area contributed by atoms with Crippen LogP contribution in [-0.2, 0) is 10.0 Å². The van der Waals surface area contributed by atoms with Crippen LogP contribution >= 0.6 is 0 Å². The van der Waals surface area contributed by atoms with Crippen molar-refractivity contribution in [1.82, 2.24) is 14.4 Å². The Balaban J connectivity index is 2.64. The van der Waals surface area contributed by atoms with E-state index in [0.29, 0.717) is 11.5 Å². The molecule has 0 aliphatic rings. The Morgan fingerprint density at radius 2 is 1.89 bits per heavy atom. The van der Waals surface area contributed by atoms with Crippen molar-refractivity contribution in [3.63, 3.8) is 0 Å². The Bertz CT molecular complexity index is 662. The molecule has 2 rings (SSSR count). The first-order chi connectivity index (χ1) is 8.43. The van der Waals surface area contributed by atoms with Crippen LogP contribution in [0, 0.1) is 6.92 Å². The van der Waals surface area contributed by atoms with E-state index < -0.39 is 10.0 Å². The maximum Gasteiger partial charge on any atom is 0.243 e. The first-order valence-electron chi connectivity index (χ1n) is 5.25. The van der Waals surface area contributed by atoms with Gasteiger partial charge in [0.2, 0.25) is 21.7 Å². The number of hydrogen-bond donors (Lipinski definition) is 0. The summed E-state index contributed by atoms with van der Waals surface area (Å²) in [7, 11) is -0.575. The van der Waals surface area contributed by atoms with Gasteiger partial charge in [-0.1, -0.05) is 17.3 Å². The molecule has 2 aromatic rings. The second-order valence-electron chi connectivity index (χ2n) is 3.92. The number of benzene rings is 1. The van der Waals surface area contributed by atoms with Gasteiger partial charge in [0, 0.05) is 26.6 Å². The molecule has 0 atom stereocenters. The van der Waals surface area contributed by atoms with Crippen LogP contribution in [-0.4, -0.2) is 37.0 Å². The molecule has 96 valence electrons. The fraction of sp³-hybridized carbons (Fsp3) is 0.273. The first kappa shape index (κ1) is 12.7. The highest BCUT2D eigenvalue weighted by Crippen LogP contribution is 2.26. The molecule has 0 bridgehead atoms. The minimum absolute atomic E-state index is 0.163. The maximum atomic E-state index is 12.2. The third-order valence-electron chi connectivity index (χ3n) is 2.41. The average molecular weight is 267 g/mol. The lowest BCUT2D eigenvalue weighted by Crippen LogP contribution is -2.22. The van der Waals surface area contributed by atoms with Gasteiger partial charge < -0.3 is 4.52 Å². The van der Waals surface area contributed by atoms with Crippen LogP contribution < -0.4 is 0 Å². The Labute approximate surface area is 105 Å². The Morgan fingerprint density at radius 1 is 1.22 bits per heavy atom. The van der Waals surface area contributed by atoms with Crippen molar-refractivity contribution in [3.05, 3.63) is 30.2 Å². The third kappa shape index (κ3) is 2.14. The van der Waals surface area contributed by atoms with E-state index in [9.17, 15) is 8.42 Å². The molecule has 0 unspecified atom stereocenters. The lowest BCUT2D eigenvalue weighted by molar-refractivity contribution is 0.394. The van der Waals surface area contributed by atoms with Crippen LogP contribution in [0.3, 0.4) is 0 Å². The summed E-state index contributed by atoms with van der Waals surface area (Å²) in [4.78, 5) is 4.22. The second kappa shape index (κ2) is 4.51. The minimum Gasteiger partial charge on any atom is -0.339 e. The molecule has 0 saturated heterocycles. The number of sulfonamides is 1. The molecule has 1 heterocycles. The highest BCUT2D eigenvalue weighted by molar-refractivity contribution is 7.89. The molecule has 1 aromatic heterocycles. The van der Waals surface area contributed by atoms with Gasteiger partial charge in [0.15, 0.2) is 0 Å². The largest absolute Gasteiger partial charge is 0.339 e. The summed E-state index contributed by atoms with van der Waals surface area (Å²) in [6.45, 7) is 1.65. The lowest BCUT2D eigenvalue weighted by Gasteiger charge is -2.13. The van der Waals surface area contributed by atoms with Crippen molar-refractivity contribution in [2.45, 2.75) is 11.8 Å². The van der Waals surface area contributed by atoms with Crippen molar-refractivity contribution in [1.29, 1.82) is 0 Å². The van der Waals surface area contributed by atoms with Gasteiger partial charge in [-0.2, -0.15) is 4.98 Å². The summed E-state index contributed by atoms with van der Waals surface area (Å²) >= 11 is 0. The summed E-state index contributed by atoms with van der Waals surface area (Å²) in [6, 6.07) is 6.57. The number of hydrogen-bond acceptors (Lipinski definition) is 5. The summed E-state index contributed by atoms with van der Waals surface area (Å²) in [5.41, 5.74) is 0.433. The number of nitrogens with zero attached hydrogens (tertiary/aromatic N) is 3. The van der Waals surface area contributed by atoms with E-state index in [0.717, 1.165) is 4.31 Å². The minimum atomic E-state index is -3.53. The van der Waals surface area contributed by atoms with Crippen molar-refractivity contribution in [3.8, 4) is 11.4 Å². The van der Waals surface area contributed by atoms with Gasteiger partial charge in [-0.05, 0) is 12.1 Å². The standard InChI is InChI=1S/C11H13N3O3S/c1-8-12-11(13-17-8)9-6-4-5-7-10(9)18(15,16)14(2)3/h4-7H,1-3H3. The smallest absolute Gasteiger partial charge is 0.243 e. The van der Waals surface area contributed by atoms with E-state index in [2.05, 4.69) is 10.1 Å². The molecule has 0 aliphatic heterocycles. The Hall–Kier alpha value is -1.73. The second-order valence-corrected chi connectivity index (χ2v) is 6.04. The predicted octanol–water partition coefficient (Wildman–Crippen LogP) is 1.30. The van der Waals surface area contributed by atoms with Crippen molar-refractivity contribution >= 4 is 10.0 Å². The van der Waals surface area contributed by atoms with Crippen LogP contribution in [0.15, 0.2) is 33.7 Å². The lowest BCUT2D eigenvalue weighted by atomic mass is 10.2. The van der Waals surface area contributed by atoms with Gasteiger partial charge in [0.05, 0.1) is 4.90 Å². The van der Waals surface area contributed by atoms with Gasteiger partial charge in [-0.3, -0.25) is 0 Å². The summed E-state index contributed by atoms with van der Waals surface area (Å²) in [5.74, 6) is 0.663. The highest BCUT2D eigenvalue weighted by Gasteiger charge is 2.23. The van der Waals surface area contributed by atoms with Gasteiger partial charge in [-0.25, -0.2) is 12.7 Å². The third-order valence-corrected chi connectivity index (χ3v) is 4.29. The number of rotatable bonds is 3. The van der Waals surface area contributed by atoms with Gasteiger partial charge in [0.25, 0.3) is 0 Å². The van der Waals surface area contributed by atoms with Crippen molar-refractivity contribution < 1.29 is 12.9 Å². The molecule has 6 nitrogen and oxygen atoms in total. The number of aromatic nitrogens is 2. The zero-order chi connectivity index (χ0) is 13.3. The highest BCUT2D eigenvalue weighted by atomic mass is 32.2. The van der Waals surface area contributed by atoms with Crippen LogP contribution in [0.25, 0.3) is 11.4 Å². The van der Waals surface area contributed by atoms with Crippen molar-refractivity contribution in [2.75, 3.05) is 14.1 Å². The molecule has 0 radical (unpaired) electrons. The Kier molecular flexibility index (Phi) is 3.18. The molecule has 1 aromatic carbocycles. The number of aryl methyl sites for hydroxylation is 1. The SMILES string of the molecule is Cc1nc(-c2ccccc2S(=O)(=O)N(C)C)no1. The maximum absolute atomic E-state index is 12.2. The molecular formula is C11H13N3O3S. The van der Waals surface area contributed by atoms with Crippen LogP contribution in [0.1, 0.15) is 5.89 Å². The summed E-state index contributed by atoms with van der Waals surface area (Å²) < 4.78 is 30.4. The molecule has 0 spiro atoms. The van der Waals surface area contributed by atoms with E-state index in [-0.39, 0.29) is 10.7 Å². The molecule has 0 amide bonds. The molecule has 0 N–H and O–H groups in total. The zero-order valence-electron chi connectivity index (χ0n) is 10.3. The fourth-order valence-corrected chi connectivity index (χ4v) is 2.56. The molecule has 0 fully saturated rings. The summed E-state index contributed by atoms with van der Waals surface area (Å²) in [5, 5.41) is 3.75. The normalized spacial score (nSPS) is 12.0. The predicted molar refractivity (Wildman–Crippen MR) is 65.3 cm³/mol. The van der Waals surface area contributed by atoms with E-state index in [1.807, 2.05) is 0 Å². The summed E-state index contributed by atoms with van der Waals surface area (Å²) in [6.07, 6.45) is 0. The van der Waals surface area contributed by atoms with Crippen molar-refractivity contribution in [2.24, 2.45) is 0 Å². The average Bonchev–Trinajstić information content (AvgIpc) is 2.75. The van der Waals surface area contributed by atoms with E-state index in [1.54, 1.807) is 25.1 Å². The molecule has 18 heavy (non-hydrogen) atoms. The van der Waals surface area contributed by atoms with Crippen LogP contribution in [0.2, 0.25) is 0 Å². The van der Waals surface area contributed by atoms with Crippen LogP contribution in [0.4, 0.5) is 0 Å². The zero-order valence-corrected chi connectivity index (χ0v) is 11.1. The van der Waals surface area contributed by atoms with Gasteiger partial charge >= 0.3 is 0 Å². The quantitative estimate of drug-likeness (QED) is 0.837. The monoisotopic (exact) mass is 267 g/mol.